The molecule has 2 rings (SSSR count). The Morgan fingerprint density at radius 2 is 1.76 bits per heavy atom. The zero-order valence-corrected chi connectivity index (χ0v) is 13.4. The van der Waals surface area contributed by atoms with Gasteiger partial charge < -0.3 is 9.59 Å². The van der Waals surface area contributed by atoms with Crippen molar-refractivity contribution in [3.63, 3.8) is 0 Å². The number of aliphatic hydroxyl groups excluding tert-OH is 1. The first-order valence-electron chi connectivity index (χ1n) is 7.40. The van der Waals surface area contributed by atoms with Crippen LogP contribution >= 0.6 is 0 Å². The third-order valence-electron chi connectivity index (χ3n) is 4.29. The maximum absolute atomic E-state index is 10.6. The summed E-state index contributed by atoms with van der Waals surface area (Å²) in [4.78, 5) is 0. The lowest BCUT2D eigenvalue weighted by molar-refractivity contribution is -0.930. The predicted octanol–water partition coefficient (Wildman–Crippen LogP) is 2.21. The second-order valence-corrected chi connectivity index (χ2v) is 6.41. The molecule has 21 heavy (non-hydrogen) atoms. The summed E-state index contributed by atoms with van der Waals surface area (Å²) in [6, 6.07) is 14.2. The van der Waals surface area contributed by atoms with Gasteiger partial charge in [0.05, 0.1) is 19.7 Å². The fourth-order valence-electron chi connectivity index (χ4n) is 2.67. The molecule has 1 aromatic carbocycles. The van der Waals surface area contributed by atoms with E-state index in [-0.39, 0.29) is 6.04 Å². The van der Waals surface area contributed by atoms with E-state index in [2.05, 4.69) is 43.9 Å². The van der Waals surface area contributed by atoms with Crippen LogP contribution in [0, 0.1) is 0 Å². The summed E-state index contributed by atoms with van der Waals surface area (Å²) < 4.78 is 2.80. The molecule has 1 aromatic heterocycles. The molecule has 1 heterocycles. The molecule has 0 unspecified atom stereocenters. The number of nitrogens with zero attached hydrogens (tertiary/aromatic N) is 2. The molecule has 0 aliphatic heterocycles. The molecule has 112 valence electrons. The molecule has 0 radical (unpaired) electrons. The van der Waals surface area contributed by atoms with Gasteiger partial charge >= 0.3 is 0 Å². The molecule has 2 atom stereocenters. The summed E-state index contributed by atoms with van der Waals surface area (Å²) in [6.07, 6.45) is 3.71. The van der Waals surface area contributed by atoms with Crippen LogP contribution in [0.25, 0.3) is 0 Å². The van der Waals surface area contributed by atoms with E-state index in [0.717, 1.165) is 16.6 Å². The van der Waals surface area contributed by atoms with E-state index in [9.17, 15) is 5.11 Å². The van der Waals surface area contributed by atoms with E-state index in [1.807, 2.05) is 43.6 Å². The second-order valence-electron chi connectivity index (χ2n) is 6.41. The minimum atomic E-state index is -0.460. The van der Waals surface area contributed by atoms with E-state index in [0.29, 0.717) is 0 Å². The minimum Gasteiger partial charge on any atom is -0.382 e. The first kappa shape index (κ1) is 15.7. The first-order valence-corrected chi connectivity index (χ1v) is 7.40. The molecule has 0 amide bonds. The monoisotopic (exact) mass is 286 g/mol. The smallest absolute Gasteiger partial charge is 0.177 e. The minimum absolute atomic E-state index is 0.109. The molecule has 0 fully saturated rings. The normalized spacial score (nSPS) is 14.7. The van der Waals surface area contributed by atoms with Crippen molar-refractivity contribution in [2.45, 2.75) is 25.6 Å². The van der Waals surface area contributed by atoms with Crippen LogP contribution in [0.15, 0.2) is 54.9 Å². The average molecular weight is 286 g/mol. The van der Waals surface area contributed by atoms with Gasteiger partial charge in [0.2, 0.25) is 0 Å². The zero-order valence-electron chi connectivity index (χ0n) is 13.4. The highest BCUT2D eigenvalue weighted by Crippen LogP contribution is 2.25. The quantitative estimate of drug-likeness (QED) is 0.661. The van der Waals surface area contributed by atoms with Gasteiger partial charge in [-0.05, 0) is 18.6 Å². The van der Waals surface area contributed by atoms with Crippen molar-refractivity contribution in [1.29, 1.82) is 0 Å². The standard InChI is InChI=1S/C18H26N2O/c1-15(18(21)17-10-6-5-7-11-17)20(3,4)14-16-9-8-12-19(2)13-16/h5-13,15,18,21H,14H2,1-4H3/q+2/t15-,18-/m1/s1. The van der Waals surface area contributed by atoms with Gasteiger partial charge in [-0.1, -0.05) is 30.3 Å². The van der Waals surface area contributed by atoms with Crippen LogP contribution in [-0.4, -0.2) is 29.7 Å². The highest BCUT2D eigenvalue weighted by atomic mass is 16.3. The number of likely N-dealkylation sites (N-methyl/N-ethyl adjacent to an activating group) is 1. The van der Waals surface area contributed by atoms with Crippen molar-refractivity contribution in [2.75, 3.05) is 14.1 Å². The van der Waals surface area contributed by atoms with Crippen LogP contribution in [0.4, 0.5) is 0 Å². The lowest BCUT2D eigenvalue weighted by Crippen LogP contribution is -2.49. The van der Waals surface area contributed by atoms with Gasteiger partial charge in [-0.15, -0.1) is 0 Å². The second kappa shape index (κ2) is 6.37. The number of aliphatic hydroxyl groups is 1. The van der Waals surface area contributed by atoms with Crippen molar-refractivity contribution in [1.82, 2.24) is 0 Å². The summed E-state index contributed by atoms with van der Waals surface area (Å²) >= 11 is 0. The zero-order chi connectivity index (χ0) is 15.5. The molecule has 0 saturated carbocycles. The Morgan fingerprint density at radius 1 is 1.10 bits per heavy atom. The Bertz CT molecular complexity index is 581. The number of aryl methyl sites for hydroxylation is 1. The Kier molecular flexibility index (Phi) is 4.76. The first-order chi connectivity index (χ1) is 9.90. The Labute approximate surface area is 127 Å². The SMILES string of the molecule is C[C@H]([C@@H](O)c1ccccc1)[N+](C)(C)Cc1ccc[n+](C)c1. The van der Waals surface area contributed by atoms with Crippen molar-refractivity contribution in [2.24, 2.45) is 7.05 Å². The fourth-order valence-corrected chi connectivity index (χ4v) is 2.67. The number of hydrogen-bond acceptors (Lipinski definition) is 1. The summed E-state index contributed by atoms with van der Waals surface area (Å²) in [7, 11) is 6.37. The number of pyridine rings is 1. The highest BCUT2D eigenvalue weighted by molar-refractivity contribution is 5.18. The maximum Gasteiger partial charge on any atom is 0.177 e. The Balaban J connectivity index is 2.14. The van der Waals surface area contributed by atoms with Gasteiger partial charge in [0, 0.05) is 6.07 Å². The van der Waals surface area contributed by atoms with Crippen molar-refractivity contribution in [3.05, 3.63) is 66.0 Å². The van der Waals surface area contributed by atoms with Crippen LogP contribution < -0.4 is 4.57 Å². The molecule has 3 nitrogen and oxygen atoms in total. The van der Waals surface area contributed by atoms with Gasteiger partial charge in [0.25, 0.3) is 0 Å². The van der Waals surface area contributed by atoms with Crippen LogP contribution in [0.2, 0.25) is 0 Å². The number of benzene rings is 1. The Hall–Kier alpha value is -1.71. The molecule has 1 N–H and O–H groups in total. The van der Waals surface area contributed by atoms with Gasteiger partial charge in [0.15, 0.2) is 12.4 Å². The molecule has 0 saturated heterocycles. The maximum atomic E-state index is 10.6. The lowest BCUT2D eigenvalue weighted by Gasteiger charge is -2.38. The number of quaternary nitrogens is 1. The summed E-state index contributed by atoms with van der Waals surface area (Å²) in [5.41, 5.74) is 2.26. The summed E-state index contributed by atoms with van der Waals surface area (Å²) in [5.74, 6) is 0. The lowest BCUT2D eigenvalue weighted by atomic mass is 10.0. The van der Waals surface area contributed by atoms with Crippen molar-refractivity contribution >= 4 is 0 Å². The van der Waals surface area contributed by atoms with Crippen LogP contribution in [-0.2, 0) is 13.6 Å². The topological polar surface area (TPSA) is 24.1 Å². The molecule has 0 aliphatic rings. The number of hydrogen-bond donors (Lipinski definition) is 1. The third kappa shape index (κ3) is 3.90. The van der Waals surface area contributed by atoms with Gasteiger partial charge in [-0.2, -0.15) is 0 Å². The van der Waals surface area contributed by atoms with Crippen molar-refractivity contribution < 1.29 is 14.2 Å². The summed E-state index contributed by atoms with van der Waals surface area (Å²) in [6.45, 7) is 3.00. The predicted molar refractivity (Wildman–Crippen MR) is 84.3 cm³/mol. The fraction of sp³-hybridized carbons (Fsp3) is 0.389. The molecule has 0 bridgehead atoms. The molecule has 0 aliphatic carbocycles. The van der Waals surface area contributed by atoms with Gasteiger partial charge in [-0.25, -0.2) is 4.57 Å². The molecule has 0 spiro atoms. The van der Waals surface area contributed by atoms with Crippen LogP contribution in [0.1, 0.15) is 24.2 Å². The van der Waals surface area contributed by atoms with E-state index in [4.69, 9.17) is 0 Å². The molecular weight excluding hydrogens is 260 g/mol. The van der Waals surface area contributed by atoms with E-state index in [1.165, 1.54) is 5.56 Å². The van der Waals surface area contributed by atoms with Gasteiger partial charge in [0.1, 0.15) is 25.7 Å². The van der Waals surface area contributed by atoms with Gasteiger partial charge in [-0.3, -0.25) is 0 Å². The van der Waals surface area contributed by atoms with Crippen LogP contribution in [0.5, 0.6) is 0 Å². The van der Waals surface area contributed by atoms with Crippen molar-refractivity contribution in [3.8, 4) is 0 Å². The molecule has 3 heteroatoms. The largest absolute Gasteiger partial charge is 0.382 e. The average Bonchev–Trinajstić information content (AvgIpc) is 2.46. The molecule has 2 aromatic rings. The number of aromatic nitrogens is 1. The van der Waals surface area contributed by atoms with E-state index >= 15 is 0 Å². The Morgan fingerprint density at radius 3 is 2.38 bits per heavy atom. The number of rotatable bonds is 5. The summed E-state index contributed by atoms with van der Waals surface area (Å²) in [5, 5.41) is 10.6. The molecular formula is C18H26N2O+2. The van der Waals surface area contributed by atoms with Crippen LogP contribution in [0.3, 0.4) is 0 Å². The third-order valence-corrected chi connectivity index (χ3v) is 4.29. The highest BCUT2D eigenvalue weighted by Gasteiger charge is 2.32. The van der Waals surface area contributed by atoms with E-state index in [1.54, 1.807) is 0 Å². The van der Waals surface area contributed by atoms with E-state index < -0.39 is 6.10 Å².